The largest absolute Gasteiger partial charge is 0.349 e. The van der Waals surface area contributed by atoms with Gasteiger partial charge in [-0.3, -0.25) is 4.79 Å². The van der Waals surface area contributed by atoms with E-state index >= 15 is 0 Å². The summed E-state index contributed by atoms with van der Waals surface area (Å²) in [6.07, 6.45) is 1.44. The zero-order valence-corrected chi connectivity index (χ0v) is 14.5. The molecule has 1 spiro atoms. The second-order valence-electron chi connectivity index (χ2n) is 7.05. The molecule has 2 aromatic rings. The van der Waals surface area contributed by atoms with Crippen molar-refractivity contribution in [3.05, 3.63) is 35.2 Å². The van der Waals surface area contributed by atoms with E-state index in [1.165, 1.54) is 10.1 Å². The highest BCUT2D eigenvalue weighted by Crippen LogP contribution is 2.53. The summed E-state index contributed by atoms with van der Waals surface area (Å²) < 4.78 is 23.9. The second-order valence-corrected chi connectivity index (χ2v) is 10.2. The minimum absolute atomic E-state index is 0.0124. The lowest BCUT2D eigenvalue weighted by Gasteiger charge is -2.52. The van der Waals surface area contributed by atoms with Gasteiger partial charge in [0.1, 0.15) is 0 Å². The van der Waals surface area contributed by atoms with Gasteiger partial charge in [0.2, 0.25) is 5.91 Å². The molecule has 23 heavy (non-hydrogen) atoms. The molecule has 0 radical (unpaired) electrons. The lowest BCUT2D eigenvalue weighted by molar-refractivity contribution is -0.132. The van der Waals surface area contributed by atoms with Crippen LogP contribution >= 0.6 is 11.3 Å². The van der Waals surface area contributed by atoms with E-state index in [2.05, 4.69) is 23.5 Å². The van der Waals surface area contributed by atoms with E-state index in [4.69, 9.17) is 0 Å². The SMILES string of the molecule is CC(NC(=O)C1CC2(C1)CS(=O)(=O)C2)c1cc2ccccc2s1. The van der Waals surface area contributed by atoms with Crippen LogP contribution in [0.15, 0.2) is 30.3 Å². The Balaban J connectivity index is 1.37. The number of hydrogen-bond acceptors (Lipinski definition) is 4. The van der Waals surface area contributed by atoms with Gasteiger partial charge in [-0.15, -0.1) is 11.3 Å². The topological polar surface area (TPSA) is 63.2 Å². The van der Waals surface area contributed by atoms with Crippen LogP contribution in [0.1, 0.15) is 30.7 Å². The predicted octanol–water partition coefficient (Wildman–Crippen LogP) is 2.90. The Hall–Kier alpha value is -1.40. The summed E-state index contributed by atoms with van der Waals surface area (Å²) in [5, 5.41) is 4.29. The first kappa shape index (κ1) is 15.1. The van der Waals surface area contributed by atoms with Crippen molar-refractivity contribution < 1.29 is 13.2 Å². The molecule has 1 unspecified atom stereocenters. The molecule has 6 heteroatoms. The molecule has 2 fully saturated rings. The van der Waals surface area contributed by atoms with Crippen LogP contribution in [0.2, 0.25) is 0 Å². The highest BCUT2D eigenvalue weighted by atomic mass is 32.2. The molecule has 1 aliphatic carbocycles. The van der Waals surface area contributed by atoms with Crippen molar-refractivity contribution >= 4 is 37.2 Å². The lowest BCUT2D eigenvalue weighted by Crippen LogP contribution is -2.59. The average molecular weight is 349 g/mol. The van der Waals surface area contributed by atoms with E-state index in [0.29, 0.717) is 0 Å². The fourth-order valence-electron chi connectivity index (χ4n) is 3.92. The van der Waals surface area contributed by atoms with Crippen molar-refractivity contribution in [2.45, 2.75) is 25.8 Å². The first-order valence-corrected chi connectivity index (χ1v) is 10.5. The van der Waals surface area contributed by atoms with Crippen LogP contribution in [0.5, 0.6) is 0 Å². The van der Waals surface area contributed by atoms with Crippen LogP contribution < -0.4 is 5.32 Å². The molecule has 1 aromatic heterocycles. The minimum Gasteiger partial charge on any atom is -0.349 e. The zero-order valence-electron chi connectivity index (χ0n) is 12.9. The molecule has 4 rings (SSSR count). The van der Waals surface area contributed by atoms with Gasteiger partial charge in [-0.1, -0.05) is 18.2 Å². The molecule has 1 atom stereocenters. The van der Waals surface area contributed by atoms with Gasteiger partial charge in [0.05, 0.1) is 17.5 Å². The Labute approximate surface area is 139 Å². The molecule has 122 valence electrons. The van der Waals surface area contributed by atoms with E-state index in [1.807, 2.05) is 19.1 Å². The maximum atomic E-state index is 12.4. The van der Waals surface area contributed by atoms with Gasteiger partial charge >= 0.3 is 0 Å². The molecule has 1 saturated heterocycles. The summed E-state index contributed by atoms with van der Waals surface area (Å²) in [6.45, 7) is 2.00. The predicted molar refractivity (Wildman–Crippen MR) is 92.2 cm³/mol. The fraction of sp³-hybridized carbons (Fsp3) is 0.471. The molecule has 1 aromatic carbocycles. The molecule has 4 nitrogen and oxygen atoms in total. The van der Waals surface area contributed by atoms with Crippen LogP contribution in [-0.2, 0) is 14.6 Å². The zero-order chi connectivity index (χ0) is 16.2. The van der Waals surface area contributed by atoms with Gasteiger partial charge in [0, 0.05) is 15.5 Å². The van der Waals surface area contributed by atoms with Crippen LogP contribution in [0.4, 0.5) is 0 Å². The fourth-order valence-corrected chi connectivity index (χ4v) is 7.24. The number of hydrogen-bond donors (Lipinski definition) is 1. The Morgan fingerprint density at radius 2 is 2.00 bits per heavy atom. The third kappa shape index (κ3) is 2.68. The van der Waals surface area contributed by atoms with E-state index in [0.717, 1.165) is 17.7 Å². The normalized spacial score (nSPS) is 23.2. The van der Waals surface area contributed by atoms with Crippen molar-refractivity contribution in [2.75, 3.05) is 11.5 Å². The van der Waals surface area contributed by atoms with E-state index < -0.39 is 9.84 Å². The molecular formula is C17H19NO3S2. The molecule has 1 aliphatic heterocycles. The van der Waals surface area contributed by atoms with Crippen molar-refractivity contribution in [1.29, 1.82) is 0 Å². The highest BCUT2D eigenvalue weighted by Gasteiger charge is 2.57. The van der Waals surface area contributed by atoms with Crippen molar-refractivity contribution in [3.63, 3.8) is 0 Å². The maximum Gasteiger partial charge on any atom is 0.223 e. The van der Waals surface area contributed by atoms with Crippen molar-refractivity contribution in [2.24, 2.45) is 11.3 Å². The number of carbonyl (C=O) groups excluding carboxylic acids is 1. The highest BCUT2D eigenvalue weighted by molar-refractivity contribution is 7.92. The van der Waals surface area contributed by atoms with Crippen molar-refractivity contribution in [1.82, 2.24) is 5.32 Å². The Kier molecular flexibility index (Phi) is 3.32. The van der Waals surface area contributed by atoms with Gasteiger partial charge in [-0.05, 0) is 42.7 Å². The van der Waals surface area contributed by atoms with E-state index in [9.17, 15) is 13.2 Å². The molecule has 1 N–H and O–H groups in total. The van der Waals surface area contributed by atoms with Crippen LogP contribution in [0.3, 0.4) is 0 Å². The number of benzene rings is 1. The third-order valence-electron chi connectivity index (χ3n) is 5.01. The lowest BCUT2D eigenvalue weighted by atomic mass is 9.63. The summed E-state index contributed by atoms with van der Waals surface area (Å²) in [4.78, 5) is 13.5. The van der Waals surface area contributed by atoms with Gasteiger partial charge in [-0.25, -0.2) is 8.42 Å². The summed E-state index contributed by atoms with van der Waals surface area (Å²) >= 11 is 1.71. The quantitative estimate of drug-likeness (QED) is 0.927. The standard InChI is InChI=1S/C17H19NO3S2/c1-11(15-6-12-4-2-3-5-14(12)22-15)18-16(19)13-7-17(8-13)9-23(20,21)10-17/h2-6,11,13H,7-10H2,1H3,(H,18,19). The number of thiophene rings is 1. The molecule has 0 bridgehead atoms. The monoisotopic (exact) mass is 349 g/mol. The van der Waals surface area contributed by atoms with Crippen LogP contribution in [0.25, 0.3) is 10.1 Å². The summed E-state index contributed by atoms with van der Waals surface area (Å²) in [5.41, 5.74) is -0.0817. The first-order chi connectivity index (χ1) is 10.9. The Morgan fingerprint density at radius 1 is 1.30 bits per heavy atom. The van der Waals surface area contributed by atoms with Gasteiger partial charge < -0.3 is 5.32 Å². The van der Waals surface area contributed by atoms with E-state index in [-0.39, 0.29) is 34.8 Å². The maximum absolute atomic E-state index is 12.4. The molecule has 2 heterocycles. The second kappa shape index (κ2) is 5.05. The summed E-state index contributed by atoms with van der Waals surface area (Å²) in [7, 11) is -2.81. The smallest absolute Gasteiger partial charge is 0.223 e. The van der Waals surface area contributed by atoms with Gasteiger partial charge in [0.25, 0.3) is 0 Å². The van der Waals surface area contributed by atoms with Crippen LogP contribution in [0, 0.1) is 11.3 Å². The first-order valence-electron chi connectivity index (χ1n) is 7.85. The number of sulfone groups is 1. The number of amides is 1. The Bertz CT molecular complexity index is 831. The summed E-state index contributed by atoms with van der Waals surface area (Å²) in [6, 6.07) is 10.3. The van der Waals surface area contributed by atoms with Gasteiger partial charge in [0.15, 0.2) is 9.84 Å². The third-order valence-corrected chi connectivity index (χ3v) is 8.42. The molecule has 2 aliphatic rings. The molecular weight excluding hydrogens is 330 g/mol. The molecule has 1 saturated carbocycles. The number of nitrogens with one attached hydrogen (secondary N) is 1. The minimum atomic E-state index is -2.81. The van der Waals surface area contributed by atoms with Crippen molar-refractivity contribution in [3.8, 4) is 0 Å². The molecule has 1 amide bonds. The van der Waals surface area contributed by atoms with E-state index in [1.54, 1.807) is 11.3 Å². The number of carbonyl (C=O) groups is 1. The average Bonchev–Trinajstić information content (AvgIpc) is 2.85. The van der Waals surface area contributed by atoms with Crippen LogP contribution in [-0.4, -0.2) is 25.8 Å². The summed E-state index contributed by atoms with van der Waals surface area (Å²) in [5.74, 6) is 0.581. The number of rotatable bonds is 3. The number of fused-ring (bicyclic) bond motifs is 1. The van der Waals surface area contributed by atoms with Gasteiger partial charge in [-0.2, -0.15) is 0 Å². The Morgan fingerprint density at radius 3 is 2.65 bits per heavy atom.